The molecule has 1 saturated heterocycles. The van der Waals surface area contributed by atoms with Gasteiger partial charge in [-0.15, -0.1) is 0 Å². The SMILES string of the molecule is CN1CCC2(C)c3cc(NC(=O)c4ccc(Cl)cc4)ccc3N(C)C12. The molecule has 0 aliphatic carbocycles. The number of nitrogens with zero attached hydrogens (tertiary/aromatic N) is 2. The molecule has 2 aliphatic rings. The molecule has 1 fully saturated rings. The maximum Gasteiger partial charge on any atom is 0.255 e. The summed E-state index contributed by atoms with van der Waals surface area (Å²) in [6, 6.07) is 13.2. The molecule has 2 heterocycles. The van der Waals surface area contributed by atoms with Gasteiger partial charge in [-0.1, -0.05) is 18.5 Å². The van der Waals surface area contributed by atoms with Crippen LogP contribution < -0.4 is 10.2 Å². The van der Waals surface area contributed by atoms with E-state index in [4.69, 9.17) is 11.6 Å². The fourth-order valence-electron chi connectivity index (χ4n) is 4.46. The number of hydrogen-bond acceptors (Lipinski definition) is 3. The smallest absolute Gasteiger partial charge is 0.255 e. The number of carbonyl (C=O) groups excluding carboxylic acids is 1. The molecule has 1 N–H and O–H groups in total. The van der Waals surface area contributed by atoms with Gasteiger partial charge in [0.25, 0.3) is 5.91 Å². The first kappa shape index (κ1) is 16.4. The molecule has 5 heteroatoms. The lowest BCUT2D eigenvalue weighted by molar-refractivity contribution is 0.102. The molecule has 4 rings (SSSR count). The standard InChI is InChI=1S/C20H22ClN3O/c1-20-10-11-23(2)19(20)24(3)17-9-8-15(12-16(17)20)22-18(25)13-4-6-14(21)7-5-13/h4-9,12,19H,10-11H2,1-3H3,(H,22,25). The van der Waals surface area contributed by atoms with E-state index in [0.717, 1.165) is 18.7 Å². The summed E-state index contributed by atoms with van der Waals surface area (Å²) in [5, 5.41) is 3.64. The zero-order valence-electron chi connectivity index (χ0n) is 14.7. The lowest BCUT2D eigenvalue weighted by Crippen LogP contribution is -2.45. The Balaban J connectivity index is 1.63. The number of likely N-dealkylation sites (tertiary alicyclic amines) is 1. The molecule has 0 saturated carbocycles. The van der Waals surface area contributed by atoms with Gasteiger partial charge in [-0.3, -0.25) is 9.69 Å². The van der Waals surface area contributed by atoms with Crippen LogP contribution in [0.3, 0.4) is 0 Å². The van der Waals surface area contributed by atoms with Crippen molar-refractivity contribution in [3.05, 3.63) is 58.6 Å². The van der Waals surface area contributed by atoms with Crippen molar-refractivity contribution in [2.24, 2.45) is 0 Å². The van der Waals surface area contributed by atoms with Gasteiger partial charge in [-0.2, -0.15) is 0 Å². The molecular formula is C20H22ClN3O. The summed E-state index contributed by atoms with van der Waals surface area (Å²) in [4.78, 5) is 17.2. The van der Waals surface area contributed by atoms with E-state index in [0.29, 0.717) is 16.8 Å². The quantitative estimate of drug-likeness (QED) is 0.885. The van der Waals surface area contributed by atoms with Gasteiger partial charge in [-0.05, 0) is 61.5 Å². The normalized spacial score (nSPS) is 25.0. The van der Waals surface area contributed by atoms with Crippen LogP contribution in [0.2, 0.25) is 5.02 Å². The molecule has 2 unspecified atom stereocenters. The minimum Gasteiger partial charge on any atom is -0.358 e. The number of nitrogens with one attached hydrogen (secondary N) is 1. The first-order valence-electron chi connectivity index (χ1n) is 8.55. The van der Waals surface area contributed by atoms with Crippen molar-refractivity contribution >= 4 is 28.9 Å². The summed E-state index contributed by atoms with van der Waals surface area (Å²) >= 11 is 5.89. The number of rotatable bonds is 2. The molecular weight excluding hydrogens is 334 g/mol. The number of likely N-dealkylation sites (N-methyl/N-ethyl adjacent to an activating group) is 2. The molecule has 2 atom stereocenters. The van der Waals surface area contributed by atoms with Gasteiger partial charge < -0.3 is 10.2 Å². The van der Waals surface area contributed by atoms with Crippen molar-refractivity contribution in [2.45, 2.75) is 24.9 Å². The third kappa shape index (κ3) is 2.52. The summed E-state index contributed by atoms with van der Waals surface area (Å²) in [5.41, 5.74) is 4.11. The minimum atomic E-state index is -0.117. The summed E-state index contributed by atoms with van der Waals surface area (Å²) in [6.07, 6.45) is 1.50. The highest BCUT2D eigenvalue weighted by molar-refractivity contribution is 6.30. The third-order valence-electron chi connectivity index (χ3n) is 5.69. The number of hydrogen-bond donors (Lipinski definition) is 1. The van der Waals surface area contributed by atoms with E-state index in [-0.39, 0.29) is 11.3 Å². The first-order chi connectivity index (χ1) is 11.9. The average molecular weight is 356 g/mol. The maximum atomic E-state index is 12.5. The third-order valence-corrected chi connectivity index (χ3v) is 5.95. The second-order valence-corrected chi connectivity index (χ2v) is 7.76. The van der Waals surface area contributed by atoms with Crippen LogP contribution in [0.4, 0.5) is 11.4 Å². The molecule has 0 radical (unpaired) electrons. The number of carbonyl (C=O) groups is 1. The van der Waals surface area contributed by atoms with Crippen molar-refractivity contribution in [3.8, 4) is 0 Å². The van der Waals surface area contributed by atoms with E-state index in [1.807, 2.05) is 6.07 Å². The molecule has 2 aliphatic heterocycles. The Morgan fingerprint density at radius 2 is 1.92 bits per heavy atom. The van der Waals surface area contributed by atoms with Crippen molar-refractivity contribution < 1.29 is 4.79 Å². The highest BCUT2D eigenvalue weighted by Crippen LogP contribution is 2.51. The Bertz CT molecular complexity index is 835. The highest BCUT2D eigenvalue weighted by Gasteiger charge is 2.52. The van der Waals surface area contributed by atoms with Crippen molar-refractivity contribution in [2.75, 3.05) is 30.9 Å². The van der Waals surface area contributed by atoms with E-state index in [2.05, 4.69) is 48.3 Å². The predicted molar refractivity (Wildman–Crippen MR) is 103 cm³/mol. The Morgan fingerprint density at radius 1 is 1.20 bits per heavy atom. The molecule has 0 aromatic heterocycles. The van der Waals surface area contributed by atoms with Gasteiger partial charge in [0.05, 0.1) is 6.17 Å². The van der Waals surface area contributed by atoms with Gasteiger partial charge in [-0.25, -0.2) is 0 Å². The van der Waals surface area contributed by atoms with Crippen molar-refractivity contribution in [1.82, 2.24) is 4.90 Å². The fraction of sp³-hybridized carbons (Fsp3) is 0.350. The van der Waals surface area contributed by atoms with Gasteiger partial charge in [0.1, 0.15) is 0 Å². The van der Waals surface area contributed by atoms with Gasteiger partial charge in [0, 0.05) is 41.0 Å². The molecule has 0 spiro atoms. The van der Waals surface area contributed by atoms with Crippen LogP contribution in [0.1, 0.15) is 29.3 Å². The summed E-state index contributed by atoms with van der Waals surface area (Å²) in [7, 11) is 4.34. The molecule has 130 valence electrons. The van der Waals surface area contributed by atoms with Gasteiger partial charge in [0.15, 0.2) is 0 Å². The molecule has 2 aromatic rings. The Kier molecular flexibility index (Phi) is 3.78. The molecule has 0 bridgehead atoms. The molecule has 1 amide bonds. The van der Waals surface area contributed by atoms with E-state index in [1.54, 1.807) is 24.3 Å². The lowest BCUT2D eigenvalue weighted by atomic mass is 9.81. The number of amides is 1. The summed E-state index contributed by atoms with van der Waals surface area (Å²) in [6.45, 7) is 3.42. The van der Waals surface area contributed by atoms with Crippen LogP contribution in [-0.4, -0.2) is 37.6 Å². The van der Waals surface area contributed by atoms with Crippen LogP contribution >= 0.6 is 11.6 Å². The fourth-order valence-corrected chi connectivity index (χ4v) is 4.58. The first-order valence-corrected chi connectivity index (χ1v) is 8.92. The Morgan fingerprint density at radius 3 is 2.64 bits per heavy atom. The molecule has 2 aromatic carbocycles. The topological polar surface area (TPSA) is 35.6 Å². The Hall–Kier alpha value is -2.04. The summed E-state index contributed by atoms with van der Waals surface area (Å²) in [5.74, 6) is -0.117. The van der Waals surface area contributed by atoms with Crippen LogP contribution in [0, 0.1) is 0 Å². The lowest BCUT2D eigenvalue weighted by Gasteiger charge is -2.32. The van der Waals surface area contributed by atoms with Gasteiger partial charge in [0.2, 0.25) is 0 Å². The highest BCUT2D eigenvalue weighted by atomic mass is 35.5. The maximum absolute atomic E-state index is 12.5. The minimum absolute atomic E-state index is 0.0971. The number of benzene rings is 2. The number of fused-ring (bicyclic) bond motifs is 3. The zero-order valence-corrected chi connectivity index (χ0v) is 15.5. The van der Waals surface area contributed by atoms with Crippen LogP contribution in [0.15, 0.2) is 42.5 Å². The zero-order chi connectivity index (χ0) is 17.8. The summed E-state index contributed by atoms with van der Waals surface area (Å²) < 4.78 is 0. The second-order valence-electron chi connectivity index (χ2n) is 7.33. The number of anilines is 2. The van der Waals surface area contributed by atoms with E-state index in [1.165, 1.54) is 11.3 Å². The van der Waals surface area contributed by atoms with E-state index < -0.39 is 0 Å². The monoisotopic (exact) mass is 355 g/mol. The van der Waals surface area contributed by atoms with Crippen LogP contribution in [0.5, 0.6) is 0 Å². The van der Waals surface area contributed by atoms with Gasteiger partial charge >= 0.3 is 0 Å². The second kappa shape index (κ2) is 5.75. The molecule has 25 heavy (non-hydrogen) atoms. The van der Waals surface area contributed by atoms with Crippen LogP contribution in [0.25, 0.3) is 0 Å². The predicted octanol–water partition coefficient (Wildman–Crippen LogP) is 3.96. The van der Waals surface area contributed by atoms with Crippen molar-refractivity contribution in [1.29, 1.82) is 0 Å². The Labute approximate surface area is 153 Å². The van der Waals surface area contributed by atoms with Crippen LogP contribution in [-0.2, 0) is 5.41 Å². The van der Waals surface area contributed by atoms with E-state index >= 15 is 0 Å². The number of halogens is 1. The largest absolute Gasteiger partial charge is 0.358 e. The average Bonchev–Trinajstić information content (AvgIpc) is 3.01. The van der Waals surface area contributed by atoms with Crippen molar-refractivity contribution in [3.63, 3.8) is 0 Å². The molecule has 4 nitrogen and oxygen atoms in total. The van der Waals surface area contributed by atoms with E-state index in [9.17, 15) is 4.79 Å².